The molecule has 0 spiro atoms. The molecule has 0 saturated carbocycles. The molecule has 172 valence electrons. The number of aliphatic hydroxyl groups excluding tert-OH is 1. The van der Waals surface area contributed by atoms with Crippen LogP contribution in [0.25, 0.3) is 0 Å². The van der Waals surface area contributed by atoms with Crippen LogP contribution in [0.5, 0.6) is 0 Å². The van der Waals surface area contributed by atoms with Gasteiger partial charge in [-0.1, -0.05) is 59.6 Å². The molecule has 2 N–H and O–H groups in total. The average Bonchev–Trinajstić information content (AvgIpc) is 3.25. The zero-order valence-electron chi connectivity index (χ0n) is 19.1. The van der Waals surface area contributed by atoms with Crippen molar-refractivity contribution in [2.45, 2.75) is 38.5 Å². The number of anilines is 1. The third-order valence-corrected chi connectivity index (χ3v) is 7.87. The number of benzene rings is 2. The second kappa shape index (κ2) is 7.62. The normalized spacial score (nSPS) is 22.4. The Balaban J connectivity index is 1.56. The van der Waals surface area contributed by atoms with Crippen LogP contribution >= 0.6 is 31.9 Å². The molecule has 7 heteroatoms. The number of hydrogen-bond donors (Lipinski definition) is 2. The smallest absolute Gasteiger partial charge is 0.237 e. The number of rotatable bonds is 2. The lowest BCUT2D eigenvalue weighted by Gasteiger charge is -2.21. The highest BCUT2D eigenvalue weighted by atomic mass is 79.9. The molecule has 5 nitrogen and oxygen atoms in total. The minimum Gasteiger partial charge on any atom is -0.506 e. The van der Waals surface area contributed by atoms with E-state index in [-0.39, 0.29) is 16.9 Å². The molecule has 34 heavy (non-hydrogen) atoms. The highest BCUT2D eigenvalue weighted by Crippen LogP contribution is 2.46. The number of fused-ring (bicyclic) bond motifs is 2. The summed E-state index contributed by atoms with van der Waals surface area (Å²) in [6, 6.07) is 11.7. The first-order valence-electron chi connectivity index (χ1n) is 10.8. The van der Waals surface area contributed by atoms with Gasteiger partial charge in [-0.25, -0.2) is 0 Å². The Kier molecular flexibility index (Phi) is 5.15. The maximum atomic E-state index is 12.9. The van der Waals surface area contributed by atoms with E-state index in [9.17, 15) is 14.7 Å². The molecule has 2 heterocycles. The standard InChI is InChI=1S/C27H22Br2N2O3/c1-26(2)17-9-13(28)5-7-19(17)30-21(26)11-15-23(32)16(25(34)24(15)33)12-22-27(3,4)18-10-14(29)6-8-20(18)31-22/h5-12,30,32H,1-4H3/b16-12-,21-11-. The molecule has 5 rings (SSSR count). The summed E-state index contributed by atoms with van der Waals surface area (Å²) in [5.74, 6) is -1.76. The lowest BCUT2D eigenvalue weighted by molar-refractivity contribution is -0.131. The van der Waals surface area contributed by atoms with Crippen LogP contribution in [0.1, 0.15) is 38.8 Å². The van der Waals surface area contributed by atoms with Crippen molar-refractivity contribution in [3.05, 3.63) is 91.2 Å². The van der Waals surface area contributed by atoms with Crippen molar-refractivity contribution in [3.8, 4) is 0 Å². The van der Waals surface area contributed by atoms with E-state index in [1.165, 1.54) is 0 Å². The monoisotopic (exact) mass is 580 g/mol. The molecule has 0 fully saturated rings. The van der Waals surface area contributed by atoms with E-state index in [0.717, 1.165) is 37.1 Å². The number of nitrogens with one attached hydrogen (secondary N) is 1. The largest absolute Gasteiger partial charge is 0.506 e. The van der Waals surface area contributed by atoms with Crippen molar-refractivity contribution in [1.29, 1.82) is 0 Å². The minimum atomic E-state index is -0.726. The summed E-state index contributed by atoms with van der Waals surface area (Å²) in [7, 11) is 0. The molecular formula is C27H22Br2N2O3. The first kappa shape index (κ1) is 23.0. The van der Waals surface area contributed by atoms with Gasteiger partial charge in [-0.05, 0) is 59.7 Å². The summed E-state index contributed by atoms with van der Waals surface area (Å²) in [5, 5.41) is 14.3. The van der Waals surface area contributed by atoms with Gasteiger partial charge in [0.15, 0.2) is 0 Å². The van der Waals surface area contributed by atoms with Crippen LogP contribution in [0.4, 0.5) is 11.4 Å². The summed E-state index contributed by atoms with van der Waals surface area (Å²) in [6.07, 6.45) is 3.14. The highest BCUT2D eigenvalue weighted by molar-refractivity contribution is 9.10. The van der Waals surface area contributed by atoms with Crippen LogP contribution in [0.15, 0.2) is 85.1 Å². The summed E-state index contributed by atoms with van der Waals surface area (Å²) in [4.78, 5) is 30.5. The topological polar surface area (TPSA) is 78.8 Å². The minimum absolute atomic E-state index is 0.00430. The van der Waals surface area contributed by atoms with E-state index in [2.05, 4.69) is 42.2 Å². The molecule has 2 aromatic carbocycles. The number of halogens is 2. The Morgan fingerprint density at radius 2 is 1.53 bits per heavy atom. The van der Waals surface area contributed by atoms with Crippen molar-refractivity contribution < 1.29 is 14.7 Å². The number of carbonyl (C=O) groups excluding carboxylic acids is 2. The van der Waals surface area contributed by atoms with E-state index in [1.54, 1.807) is 12.2 Å². The summed E-state index contributed by atoms with van der Waals surface area (Å²) in [5.41, 5.74) is 4.22. The number of allylic oxidation sites excluding steroid dienone is 5. The van der Waals surface area contributed by atoms with Crippen LogP contribution < -0.4 is 5.32 Å². The number of carbonyl (C=O) groups is 2. The molecule has 2 aromatic rings. The Hall–Kier alpha value is -2.77. The molecule has 0 amide bonds. The third kappa shape index (κ3) is 3.36. The van der Waals surface area contributed by atoms with Crippen molar-refractivity contribution in [2.75, 3.05) is 5.32 Å². The van der Waals surface area contributed by atoms with Crippen molar-refractivity contribution >= 4 is 60.5 Å². The van der Waals surface area contributed by atoms with Crippen molar-refractivity contribution in [2.24, 2.45) is 4.99 Å². The second-order valence-electron chi connectivity index (χ2n) is 9.76. The van der Waals surface area contributed by atoms with Crippen molar-refractivity contribution in [3.63, 3.8) is 0 Å². The number of nitrogens with zero attached hydrogens (tertiary/aromatic N) is 1. The zero-order valence-corrected chi connectivity index (χ0v) is 22.3. The molecule has 0 saturated heterocycles. The fourth-order valence-corrected chi connectivity index (χ4v) is 5.41. The van der Waals surface area contributed by atoms with Crippen LogP contribution in [-0.2, 0) is 20.4 Å². The first-order chi connectivity index (χ1) is 15.9. The van der Waals surface area contributed by atoms with Gasteiger partial charge in [-0.15, -0.1) is 0 Å². The first-order valence-corrected chi connectivity index (χ1v) is 12.4. The zero-order chi connectivity index (χ0) is 24.6. The third-order valence-electron chi connectivity index (χ3n) is 6.89. The molecule has 0 atom stereocenters. The fraction of sp³-hybridized carbons (Fsp3) is 0.222. The van der Waals surface area contributed by atoms with E-state index < -0.39 is 22.4 Å². The van der Waals surface area contributed by atoms with Crippen molar-refractivity contribution in [1.82, 2.24) is 0 Å². The van der Waals surface area contributed by atoms with E-state index in [4.69, 9.17) is 0 Å². The fourth-order valence-electron chi connectivity index (χ4n) is 4.69. The van der Waals surface area contributed by atoms with Crippen LogP contribution in [0.2, 0.25) is 0 Å². The van der Waals surface area contributed by atoms with E-state index >= 15 is 0 Å². The van der Waals surface area contributed by atoms with Gasteiger partial charge >= 0.3 is 0 Å². The molecule has 2 aliphatic heterocycles. The maximum absolute atomic E-state index is 12.9. The lowest BCUT2D eigenvalue weighted by Crippen LogP contribution is -2.25. The van der Waals surface area contributed by atoms with Gasteiger partial charge in [-0.3, -0.25) is 14.6 Å². The lowest BCUT2D eigenvalue weighted by atomic mass is 9.81. The van der Waals surface area contributed by atoms with Crippen LogP contribution in [0.3, 0.4) is 0 Å². The molecule has 0 aromatic heterocycles. The van der Waals surface area contributed by atoms with Crippen LogP contribution in [-0.4, -0.2) is 22.4 Å². The van der Waals surface area contributed by atoms with Gasteiger partial charge < -0.3 is 10.4 Å². The molecule has 0 unspecified atom stereocenters. The number of aliphatic imine (C=N–C) groups is 1. The van der Waals surface area contributed by atoms with E-state index in [0.29, 0.717) is 5.71 Å². The average molecular weight is 582 g/mol. The van der Waals surface area contributed by atoms with Gasteiger partial charge in [0.1, 0.15) is 5.76 Å². The quantitative estimate of drug-likeness (QED) is 0.303. The number of Topliss-reactive ketones (excluding diaryl/α,β-unsaturated/α-hetero) is 2. The number of ketones is 2. The summed E-state index contributed by atoms with van der Waals surface area (Å²) in [6.45, 7) is 8.08. The molecule has 0 radical (unpaired) electrons. The molecule has 3 aliphatic rings. The number of aliphatic hydroxyl groups is 1. The van der Waals surface area contributed by atoms with Gasteiger partial charge in [0.05, 0.1) is 22.5 Å². The molecule has 0 bridgehead atoms. The molecular weight excluding hydrogens is 560 g/mol. The summed E-state index contributed by atoms with van der Waals surface area (Å²) < 4.78 is 1.89. The number of hydrogen-bond acceptors (Lipinski definition) is 5. The predicted molar refractivity (Wildman–Crippen MR) is 141 cm³/mol. The SMILES string of the molecule is CC1(C)C(/C=C2\C(=O)C(=O)C(/C=C3\Nc4ccc(Br)cc4C3(C)C)=C2O)=Nc2ccc(Br)cc21. The predicted octanol–water partition coefficient (Wildman–Crippen LogP) is 6.75. The van der Waals surface area contributed by atoms with Gasteiger partial charge in [0.25, 0.3) is 0 Å². The van der Waals surface area contributed by atoms with Gasteiger partial charge in [0, 0.05) is 31.2 Å². The Labute approximate surface area is 214 Å². The maximum Gasteiger partial charge on any atom is 0.237 e. The summed E-state index contributed by atoms with van der Waals surface area (Å²) >= 11 is 7.01. The van der Waals surface area contributed by atoms with Gasteiger partial charge in [-0.2, -0.15) is 0 Å². The highest BCUT2D eigenvalue weighted by Gasteiger charge is 2.41. The Bertz CT molecular complexity index is 1440. The van der Waals surface area contributed by atoms with Gasteiger partial charge in [0.2, 0.25) is 11.6 Å². The van der Waals surface area contributed by atoms with E-state index in [1.807, 2.05) is 64.1 Å². The Morgan fingerprint density at radius 3 is 2.24 bits per heavy atom. The Morgan fingerprint density at radius 1 is 0.882 bits per heavy atom. The molecule has 1 aliphatic carbocycles. The van der Waals surface area contributed by atoms with Crippen LogP contribution in [0, 0.1) is 0 Å². The second-order valence-corrected chi connectivity index (χ2v) is 11.6.